The smallest absolute Gasteiger partial charge is 0.193 e. The van der Waals surface area contributed by atoms with Gasteiger partial charge in [-0.05, 0) is 159 Å². The van der Waals surface area contributed by atoms with Gasteiger partial charge in [-0.25, -0.2) is 40.0 Å². The van der Waals surface area contributed by atoms with E-state index in [0.29, 0.717) is 35.1 Å². The van der Waals surface area contributed by atoms with Gasteiger partial charge < -0.3 is 25.2 Å². The lowest BCUT2D eigenvalue weighted by Gasteiger charge is -2.36. The molecular formula is C49H91N5O10S8Si2. The van der Waals surface area contributed by atoms with Gasteiger partial charge in [0.15, 0.2) is 18.1 Å². The molecule has 25 heteroatoms. The molecule has 0 saturated carbocycles. The molecule has 3 atom stereocenters. The van der Waals surface area contributed by atoms with Crippen LogP contribution in [-0.2, 0) is 66.5 Å². The molecule has 1 fully saturated rings. The van der Waals surface area contributed by atoms with E-state index >= 15 is 0 Å². The number of thiophene rings is 4. The number of ether oxygens (including phenoxy) is 1. The second-order valence-electron chi connectivity index (χ2n) is 23.4. The van der Waals surface area contributed by atoms with Crippen molar-refractivity contribution in [3.8, 4) is 0 Å². The minimum Gasteiger partial charge on any atom is -0.386 e. The first-order chi connectivity index (χ1) is 32.9. The molecule has 3 unspecified atom stereocenters. The molecule has 0 bridgehead atoms. The van der Waals surface area contributed by atoms with E-state index in [4.69, 9.17) is 19.0 Å². The summed E-state index contributed by atoms with van der Waals surface area (Å²) in [6.07, 6.45) is 2.56. The summed E-state index contributed by atoms with van der Waals surface area (Å²) in [6, 6.07) is 6.76. The van der Waals surface area contributed by atoms with Crippen LogP contribution >= 0.6 is 45.3 Å². The number of aliphatic hydroxyl groups is 4. The first-order valence-electron chi connectivity index (χ1n) is 24.1. The zero-order chi connectivity index (χ0) is 58.2. The van der Waals surface area contributed by atoms with Crippen LogP contribution in [0.15, 0.2) is 75.4 Å². The van der Waals surface area contributed by atoms with Crippen molar-refractivity contribution in [3.05, 3.63) is 68.0 Å². The van der Waals surface area contributed by atoms with Crippen molar-refractivity contribution in [3.63, 3.8) is 0 Å². The van der Waals surface area contributed by atoms with Crippen LogP contribution in [0.3, 0.4) is 0 Å². The summed E-state index contributed by atoms with van der Waals surface area (Å²) >= 11 is 5.17. The molecule has 0 spiro atoms. The van der Waals surface area contributed by atoms with Crippen LogP contribution in [0.5, 0.6) is 0 Å². The quantitative estimate of drug-likeness (QED) is 0.0731. The first kappa shape index (κ1) is 70.8. The normalized spacial score (nSPS) is 16.5. The maximum Gasteiger partial charge on any atom is 0.193 e. The number of nitrogens with zero attached hydrogens (tertiary/aromatic N) is 3. The number of sulfone groups is 1. The predicted molar refractivity (Wildman–Crippen MR) is 322 cm³/mol. The maximum absolute atomic E-state index is 13.4. The monoisotopic (exact) mass is 1220 g/mol. The highest BCUT2D eigenvalue weighted by molar-refractivity contribution is 7.96. The Balaban J connectivity index is 0.000000483. The van der Waals surface area contributed by atoms with E-state index < -0.39 is 78.1 Å². The highest BCUT2D eigenvalue weighted by Crippen LogP contribution is 2.41. The standard InChI is InChI=1S/C15H29NO2S2Si.C14H26O3S2Si.2C8H14N2O2S2.C4H8O/c1-9-20(18,16-21(7,8)14(2,3)4)13-10-12(11-19-13)15(5,6)17;1-13(2,3)20(6,7)10-19(16,17)12-8-11(9-18-12)14(4,5)15;2*1-8(2,11)6-4-7(13-5-6)14(9,12)10-3;1-2-4-5-3-1/h10-11,17H,9H2,1-8H3;8-9,15H,10H2,1-7H3;2*4-5,11H,1-3H3,(H2,9,10,12);1-4H2. The molecule has 8 N–H and O–H groups in total. The van der Waals surface area contributed by atoms with E-state index in [-0.39, 0.29) is 15.5 Å². The number of hydrogen-bond donors (Lipinski definition) is 6. The fourth-order valence-electron chi connectivity index (χ4n) is 5.40. The van der Waals surface area contributed by atoms with Gasteiger partial charge in [0.2, 0.25) is 0 Å². The molecule has 4 aromatic rings. The Hall–Kier alpha value is -1.25. The molecule has 0 amide bonds. The molecule has 0 radical (unpaired) electrons. The SMILES string of the molecule is C1CCOC1.CC(C)(O)c1csc(S(=O)(=O)C[Si](C)(C)C(C)(C)C)c1.CCS(=O)(=N[Si](C)(C)C(C)(C)C)c1cc(C(C)(C)O)cs1.CN=S(N)(=O)c1cc(C(C)(C)O)cs1.CN=S(N)(=O)c1cc(C(C)(C)O)cs1. The van der Waals surface area contributed by atoms with Crippen LogP contribution in [0, 0.1) is 0 Å². The second kappa shape index (κ2) is 26.4. The lowest BCUT2D eigenvalue weighted by molar-refractivity contribution is 0.0784. The lowest BCUT2D eigenvalue weighted by Crippen LogP contribution is -2.44. The number of rotatable bonds is 12. The minimum absolute atomic E-state index is 0.0381. The molecule has 4 aromatic heterocycles. The van der Waals surface area contributed by atoms with E-state index in [2.05, 4.69) is 76.5 Å². The van der Waals surface area contributed by atoms with Gasteiger partial charge in [-0.2, -0.15) is 0 Å². The summed E-state index contributed by atoms with van der Waals surface area (Å²) in [4.78, 5) is 0. The average Bonchev–Trinajstić information content (AvgIpc) is 4.08. The second-order valence-corrected chi connectivity index (χ2v) is 47.7. The highest BCUT2D eigenvalue weighted by Gasteiger charge is 2.41. The Morgan fingerprint density at radius 1 is 0.541 bits per heavy atom. The van der Waals surface area contributed by atoms with Crippen molar-refractivity contribution in [1.29, 1.82) is 0 Å². The van der Waals surface area contributed by atoms with Crippen LogP contribution in [0.4, 0.5) is 0 Å². The molecule has 1 saturated heterocycles. The molecule has 15 nitrogen and oxygen atoms in total. The van der Waals surface area contributed by atoms with E-state index in [1.807, 2.05) is 18.4 Å². The van der Waals surface area contributed by atoms with Gasteiger partial charge in [-0.3, -0.25) is 4.03 Å². The molecule has 1 aliphatic rings. The predicted octanol–water partition coefficient (Wildman–Crippen LogP) is 12.0. The molecule has 74 heavy (non-hydrogen) atoms. The zero-order valence-corrected chi connectivity index (χ0v) is 56.4. The van der Waals surface area contributed by atoms with Gasteiger partial charge >= 0.3 is 0 Å². The summed E-state index contributed by atoms with van der Waals surface area (Å²) in [7, 11) is -12.2. The summed E-state index contributed by atoms with van der Waals surface area (Å²) in [5.41, 5.74) is -0.874. The van der Waals surface area contributed by atoms with Crippen LogP contribution in [0.1, 0.15) is 139 Å². The minimum atomic E-state index is -3.27. The Kier molecular flexibility index (Phi) is 25.2. The van der Waals surface area contributed by atoms with E-state index in [0.717, 1.165) is 23.0 Å². The summed E-state index contributed by atoms with van der Waals surface area (Å²) in [5, 5.41) is 57.8. The fraction of sp³-hybridized carbons (Fsp3) is 0.673. The maximum atomic E-state index is 13.4. The Bertz CT molecular complexity index is 2830. The van der Waals surface area contributed by atoms with Crippen molar-refractivity contribution >= 4 is 101 Å². The van der Waals surface area contributed by atoms with Gasteiger partial charge in [-0.15, -0.1) is 45.3 Å². The third-order valence-corrected chi connectivity index (χ3v) is 39.8. The molecular weight excluding hydrogens is 1130 g/mol. The van der Waals surface area contributed by atoms with E-state index in [1.165, 1.54) is 72.3 Å². The fourth-order valence-corrected chi connectivity index (χ4v) is 26.0. The zero-order valence-electron chi connectivity index (χ0n) is 47.9. The molecule has 0 aliphatic carbocycles. The number of hydrogen-bond acceptors (Lipinski definition) is 17. The summed E-state index contributed by atoms with van der Waals surface area (Å²) in [6.45, 7) is 38.9. The van der Waals surface area contributed by atoms with Gasteiger partial charge in [0.1, 0.15) is 32.5 Å². The van der Waals surface area contributed by atoms with Crippen LogP contribution < -0.4 is 10.3 Å². The molecule has 5 rings (SSSR count). The third kappa shape index (κ3) is 21.4. The van der Waals surface area contributed by atoms with E-state index in [9.17, 15) is 41.5 Å². The lowest BCUT2D eigenvalue weighted by atomic mass is 10.0. The van der Waals surface area contributed by atoms with Crippen LogP contribution in [0.25, 0.3) is 0 Å². The van der Waals surface area contributed by atoms with Gasteiger partial charge in [0.25, 0.3) is 0 Å². The largest absolute Gasteiger partial charge is 0.386 e. The number of nitrogens with two attached hydrogens (primary N) is 2. The van der Waals surface area contributed by atoms with E-state index in [1.54, 1.807) is 89.7 Å². The van der Waals surface area contributed by atoms with Gasteiger partial charge in [0.05, 0.1) is 44.4 Å². The topological polar surface area (TPSA) is 265 Å². The van der Waals surface area contributed by atoms with Crippen molar-refractivity contribution in [2.24, 2.45) is 23.0 Å². The summed E-state index contributed by atoms with van der Waals surface area (Å²) < 4.78 is 81.1. The highest BCUT2D eigenvalue weighted by atomic mass is 32.3. The molecule has 1 aliphatic heterocycles. The first-order valence-corrected chi connectivity index (χ1v) is 40.3. The van der Waals surface area contributed by atoms with Gasteiger partial charge in [0, 0.05) is 38.4 Å². The van der Waals surface area contributed by atoms with Gasteiger partial charge in [-0.1, -0.05) is 61.6 Å². The third-order valence-electron chi connectivity index (χ3n) is 12.9. The van der Waals surface area contributed by atoms with Crippen LogP contribution in [0.2, 0.25) is 36.3 Å². The van der Waals surface area contributed by atoms with Crippen molar-refractivity contribution in [2.75, 3.05) is 38.4 Å². The molecule has 428 valence electrons. The Labute approximate surface area is 465 Å². The van der Waals surface area contributed by atoms with Crippen molar-refractivity contribution in [1.82, 2.24) is 0 Å². The Morgan fingerprint density at radius 2 is 0.838 bits per heavy atom. The molecule has 0 aromatic carbocycles. The Morgan fingerprint density at radius 3 is 1.08 bits per heavy atom. The van der Waals surface area contributed by atoms with Crippen LogP contribution in [-0.4, -0.2) is 96.2 Å². The van der Waals surface area contributed by atoms with Crippen molar-refractivity contribution < 1.29 is 46.2 Å². The molecule has 5 heterocycles. The average molecular weight is 1220 g/mol. The summed E-state index contributed by atoms with van der Waals surface area (Å²) in [5.74, 6) is 0.519. The van der Waals surface area contributed by atoms with Crippen molar-refractivity contribution in [2.45, 2.75) is 192 Å².